The number of hydrogen-bond acceptors (Lipinski definition) is 3. The quantitative estimate of drug-likeness (QED) is 0.509. The fraction of sp³-hybridized carbons (Fsp3) is 0.300. The number of carbonyl (C=O) groups excluding carboxylic acids is 2. The maximum Gasteiger partial charge on any atom is 0.258 e. The molecule has 1 fully saturated rings. The van der Waals surface area contributed by atoms with Crippen molar-refractivity contribution in [2.45, 2.75) is 39.0 Å². The molecule has 1 unspecified atom stereocenters. The van der Waals surface area contributed by atoms with Crippen molar-refractivity contribution < 1.29 is 9.59 Å². The van der Waals surface area contributed by atoms with Gasteiger partial charge in [0.15, 0.2) is 0 Å². The maximum absolute atomic E-state index is 13.7. The molecule has 5 heteroatoms. The topological polar surface area (TPSA) is 61.8 Å². The second kappa shape index (κ2) is 9.49. The average molecular weight is 466 g/mol. The van der Waals surface area contributed by atoms with Crippen molar-refractivity contribution in [3.8, 4) is 0 Å². The van der Waals surface area contributed by atoms with Crippen LogP contribution in [-0.4, -0.2) is 31.1 Å². The number of aliphatic imine (C=N–C) groups is 1. The molecule has 3 aromatic rings. The number of nitrogens with zero attached hydrogens (tertiary/aromatic N) is 2. The minimum absolute atomic E-state index is 0.0146. The van der Waals surface area contributed by atoms with Crippen LogP contribution >= 0.6 is 0 Å². The van der Waals surface area contributed by atoms with Crippen molar-refractivity contribution in [3.05, 3.63) is 95.1 Å². The number of anilines is 2. The standard InChI is InChI=1S/C30H31N3O2/c1-21-8-3-5-10-25(21)28(34)32-24-15-13-22(14-16-24)29(35)33-19-18-30(17-7-12-27(30)31-2)20-23-9-4-6-11-26(23)33/h3-6,8-11,13-16H,7,12,17-20H2,1-2H3,(H,32,34)/b31-27+. The van der Waals surface area contributed by atoms with Crippen LogP contribution in [0, 0.1) is 12.3 Å². The lowest BCUT2D eigenvalue weighted by Crippen LogP contribution is -2.35. The van der Waals surface area contributed by atoms with E-state index in [4.69, 9.17) is 0 Å². The third-order valence-corrected chi connectivity index (χ3v) is 7.60. The molecule has 2 amide bonds. The van der Waals surface area contributed by atoms with Gasteiger partial charge >= 0.3 is 0 Å². The summed E-state index contributed by atoms with van der Waals surface area (Å²) >= 11 is 0. The molecule has 1 saturated carbocycles. The lowest BCUT2D eigenvalue weighted by Gasteiger charge is -2.29. The normalized spacial score (nSPS) is 20.5. The van der Waals surface area contributed by atoms with Crippen LogP contribution in [-0.2, 0) is 6.42 Å². The molecule has 0 saturated heterocycles. The number of hydrogen-bond donors (Lipinski definition) is 1. The van der Waals surface area contributed by atoms with E-state index in [-0.39, 0.29) is 17.2 Å². The van der Waals surface area contributed by atoms with Gasteiger partial charge in [0.2, 0.25) is 0 Å². The molecule has 0 radical (unpaired) electrons. The molecule has 1 atom stereocenters. The zero-order valence-corrected chi connectivity index (χ0v) is 20.4. The zero-order chi connectivity index (χ0) is 24.4. The van der Waals surface area contributed by atoms with Crippen molar-refractivity contribution >= 4 is 28.9 Å². The Bertz CT molecular complexity index is 1290. The van der Waals surface area contributed by atoms with Crippen LogP contribution < -0.4 is 10.2 Å². The number of benzene rings is 3. The number of para-hydroxylation sites is 1. The van der Waals surface area contributed by atoms with E-state index in [1.54, 1.807) is 24.3 Å². The Morgan fingerprint density at radius 1 is 0.943 bits per heavy atom. The van der Waals surface area contributed by atoms with Gasteiger partial charge < -0.3 is 10.2 Å². The first-order chi connectivity index (χ1) is 17.0. The van der Waals surface area contributed by atoms with Gasteiger partial charge in [0.1, 0.15) is 0 Å². The number of amides is 2. The largest absolute Gasteiger partial charge is 0.322 e. The summed E-state index contributed by atoms with van der Waals surface area (Å²) in [7, 11) is 1.90. The van der Waals surface area contributed by atoms with Crippen LogP contribution in [0.4, 0.5) is 11.4 Å². The van der Waals surface area contributed by atoms with Gasteiger partial charge in [0.05, 0.1) is 0 Å². The first-order valence-electron chi connectivity index (χ1n) is 12.3. The number of rotatable bonds is 3. The van der Waals surface area contributed by atoms with E-state index >= 15 is 0 Å². The Hall–Kier alpha value is -3.73. The molecule has 2 aliphatic rings. The highest BCUT2D eigenvalue weighted by atomic mass is 16.2. The fourth-order valence-corrected chi connectivity index (χ4v) is 5.72. The van der Waals surface area contributed by atoms with E-state index in [1.165, 1.54) is 17.7 Å². The summed E-state index contributed by atoms with van der Waals surface area (Å²) in [6.45, 7) is 2.58. The molecule has 5 nitrogen and oxygen atoms in total. The van der Waals surface area contributed by atoms with E-state index in [9.17, 15) is 9.59 Å². The van der Waals surface area contributed by atoms with E-state index in [1.807, 2.05) is 49.2 Å². The van der Waals surface area contributed by atoms with Gasteiger partial charge in [-0.25, -0.2) is 0 Å². The average Bonchev–Trinajstić information content (AvgIpc) is 3.19. The third-order valence-electron chi connectivity index (χ3n) is 7.60. The molecule has 0 bridgehead atoms. The smallest absolute Gasteiger partial charge is 0.258 e. The zero-order valence-electron chi connectivity index (χ0n) is 20.4. The van der Waals surface area contributed by atoms with Crippen LogP contribution in [0.1, 0.15) is 57.5 Å². The van der Waals surface area contributed by atoms with Gasteiger partial charge in [-0.1, -0.05) is 36.4 Å². The predicted octanol–water partition coefficient (Wildman–Crippen LogP) is 6.08. The predicted molar refractivity (Wildman–Crippen MR) is 142 cm³/mol. The molecule has 178 valence electrons. The van der Waals surface area contributed by atoms with Crippen LogP contribution in [0.3, 0.4) is 0 Å². The monoisotopic (exact) mass is 465 g/mol. The summed E-state index contributed by atoms with van der Waals surface area (Å²) in [6, 6.07) is 23.0. The molecule has 0 aromatic heterocycles. The SMILES string of the molecule is C/N=C1\CCCC12CCN(C(=O)c1ccc(NC(=O)c3ccccc3C)cc1)c1ccccc1C2. The summed E-state index contributed by atoms with van der Waals surface area (Å²) in [5, 5.41) is 2.94. The fourth-order valence-electron chi connectivity index (χ4n) is 5.72. The Morgan fingerprint density at radius 3 is 2.46 bits per heavy atom. The molecule has 5 rings (SSSR count). The number of fused-ring (bicyclic) bond motifs is 1. The molecule has 1 spiro atoms. The molecule has 1 N–H and O–H groups in total. The first-order valence-corrected chi connectivity index (χ1v) is 12.3. The van der Waals surface area contributed by atoms with Gasteiger partial charge in [-0.15, -0.1) is 0 Å². The van der Waals surface area contributed by atoms with Crippen molar-refractivity contribution in [3.63, 3.8) is 0 Å². The minimum atomic E-state index is -0.154. The molecule has 3 aromatic carbocycles. The van der Waals surface area contributed by atoms with Gasteiger partial charge in [0.25, 0.3) is 11.8 Å². The van der Waals surface area contributed by atoms with Crippen molar-refractivity contribution in [1.82, 2.24) is 0 Å². The highest BCUT2D eigenvalue weighted by Gasteiger charge is 2.42. The number of aryl methyl sites for hydroxylation is 1. The van der Waals surface area contributed by atoms with E-state index < -0.39 is 0 Å². The molecule has 1 aliphatic carbocycles. The minimum Gasteiger partial charge on any atom is -0.322 e. The van der Waals surface area contributed by atoms with E-state index in [0.29, 0.717) is 23.4 Å². The summed E-state index contributed by atoms with van der Waals surface area (Å²) < 4.78 is 0. The van der Waals surface area contributed by atoms with Crippen LogP contribution in [0.15, 0.2) is 77.8 Å². The molecule has 35 heavy (non-hydrogen) atoms. The van der Waals surface area contributed by atoms with Crippen LogP contribution in [0.25, 0.3) is 0 Å². The Kier molecular flexibility index (Phi) is 6.25. The van der Waals surface area contributed by atoms with Gasteiger partial charge in [0, 0.05) is 47.2 Å². The maximum atomic E-state index is 13.7. The number of carbonyl (C=O) groups is 2. The summed E-state index contributed by atoms with van der Waals surface area (Å²) in [6.07, 6.45) is 5.21. The second-order valence-corrected chi connectivity index (χ2v) is 9.66. The first kappa shape index (κ1) is 23.0. The van der Waals surface area contributed by atoms with E-state index in [0.717, 1.165) is 36.9 Å². The van der Waals surface area contributed by atoms with Gasteiger partial charge in [-0.2, -0.15) is 0 Å². The van der Waals surface area contributed by atoms with Gasteiger partial charge in [-0.3, -0.25) is 14.6 Å². The van der Waals surface area contributed by atoms with E-state index in [2.05, 4.69) is 28.5 Å². The number of nitrogens with one attached hydrogen (secondary N) is 1. The van der Waals surface area contributed by atoms with Crippen LogP contribution in [0.2, 0.25) is 0 Å². The second-order valence-electron chi connectivity index (χ2n) is 9.66. The lowest BCUT2D eigenvalue weighted by atomic mass is 9.76. The highest BCUT2D eigenvalue weighted by molar-refractivity contribution is 6.08. The Morgan fingerprint density at radius 2 is 1.69 bits per heavy atom. The highest BCUT2D eigenvalue weighted by Crippen LogP contribution is 2.46. The summed E-state index contributed by atoms with van der Waals surface area (Å²) in [5.41, 5.74) is 6.41. The molecule has 1 heterocycles. The lowest BCUT2D eigenvalue weighted by molar-refractivity contribution is 0.0984. The van der Waals surface area contributed by atoms with Crippen molar-refractivity contribution in [2.75, 3.05) is 23.8 Å². The van der Waals surface area contributed by atoms with Crippen molar-refractivity contribution in [1.29, 1.82) is 0 Å². The van der Waals surface area contributed by atoms with Crippen LogP contribution in [0.5, 0.6) is 0 Å². The van der Waals surface area contributed by atoms with Gasteiger partial charge in [-0.05, 0) is 86.6 Å². The molecule has 1 aliphatic heterocycles. The molecular formula is C30H31N3O2. The summed E-state index contributed by atoms with van der Waals surface area (Å²) in [5.74, 6) is -0.168. The Labute approximate surface area is 206 Å². The summed E-state index contributed by atoms with van der Waals surface area (Å²) in [4.78, 5) is 32.9. The Balaban J connectivity index is 1.37. The third kappa shape index (κ3) is 4.39. The van der Waals surface area contributed by atoms with Crippen molar-refractivity contribution in [2.24, 2.45) is 10.4 Å². The molecular weight excluding hydrogens is 434 g/mol.